The molecule has 0 saturated carbocycles. The second-order valence-electron chi connectivity index (χ2n) is 10.5. The summed E-state index contributed by atoms with van der Waals surface area (Å²) >= 11 is 0. The third-order valence-corrected chi connectivity index (χ3v) is 6.58. The molecule has 18 nitrogen and oxygen atoms in total. The molecule has 13 N–H and O–H groups in total. The van der Waals surface area contributed by atoms with Crippen LogP contribution in [0.25, 0.3) is 0 Å². The molecular weight excluding hydrogens is 608 g/mol. The van der Waals surface area contributed by atoms with E-state index in [9.17, 15) is 43.5 Å². The van der Waals surface area contributed by atoms with Crippen LogP contribution in [0.3, 0.4) is 0 Å². The Bertz CT molecular complexity index is 1260. The van der Waals surface area contributed by atoms with Crippen LogP contribution in [0.4, 0.5) is 0 Å². The van der Waals surface area contributed by atoms with Crippen molar-refractivity contribution < 1.29 is 48.6 Å². The third-order valence-electron chi connectivity index (χ3n) is 6.58. The average Bonchev–Trinajstić information content (AvgIpc) is 2.99. The van der Waals surface area contributed by atoms with Crippen LogP contribution in [0.5, 0.6) is 0 Å². The molecule has 0 saturated heterocycles. The highest BCUT2D eigenvalue weighted by atomic mass is 16.4. The van der Waals surface area contributed by atoms with E-state index in [4.69, 9.17) is 22.3 Å². The van der Waals surface area contributed by atoms with E-state index in [2.05, 4.69) is 26.6 Å². The molecule has 1 rings (SSSR count). The first-order valence-corrected chi connectivity index (χ1v) is 14.3. The summed E-state index contributed by atoms with van der Waals surface area (Å²) in [6, 6.07) is 0.699. The normalized spacial score (nSPS) is 14.6. The first-order valence-electron chi connectivity index (χ1n) is 14.3. The van der Waals surface area contributed by atoms with Crippen molar-refractivity contribution in [1.29, 1.82) is 0 Å². The highest BCUT2D eigenvalue weighted by Crippen LogP contribution is 2.06. The Kier molecular flexibility index (Phi) is 16.3. The van der Waals surface area contributed by atoms with Gasteiger partial charge in [-0.25, -0.2) is 4.79 Å². The lowest BCUT2D eigenvalue weighted by Crippen LogP contribution is -2.58. The number of amides is 6. The molecule has 18 heteroatoms. The van der Waals surface area contributed by atoms with Crippen LogP contribution in [0.1, 0.15) is 45.1 Å². The summed E-state index contributed by atoms with van der Waals surface area (Å²) in [7, 11) is 0. The molecule has 0 spiro atoms. The van der Waals surface area contributed by atoms with E-state index in [1.54, 1.807) is 30.3 Å². The molecule has 0 aliphatic heterocycles. The second kappa shape index (κ2) is 19.3. The molecule has 0 fully saturated rings. The van der Waals surface area contributed by atoms with Gasteiger partial charge in [-0.15, -0.1) is 0 Å². The Morgan fingerprint density at radius 2 is 1.15 bits per heavy atom. The fraction of sp³-hybridized carbons (Fsp3) is 0.500. The summed E-state index contributed by atoms with van der Waals surface area (Å²) in [6.07, 6.45) is -1.43. The zero-order chi connectivity index (χ0) is 35.0. The quantitative estimate of drug-likeness (QED) is 0.0649. The number of hydrogen-bond donors (Lipinski definition) is 10. The summed E-state index contributed by atoms with van der Waals surface area (Å²) < 4.78 is 0. The highest BCUT2D eigenvalue weighted by Gasteiger charge is 2.30. The minimum absolute atomic E-state index is 0.0506. The molecular formula is C28H42N8O10. The van der Waals surface area contributed by atoms with Gasteiger partial charge in [0.2, 0.25) is 35.4 Å². The first-order chi connectivity index (χ1) is 21.5. The zero-order valence-electron chi connectivity index (χ0n) is 25.5. The van der Waals surface area contributed by atoms with Gasteiger partial charge in [0, 0.05) is 25.8 Å². The molecule has 1 aromatic carbocycles. The van der Waals surface area contributed by atoms with Crippen molar-refractivity contribution >= 4 is 47.4 Å². The first kappa shape index (κ1) is 38.9. The Labute approximate surface area is 264 Å². The Hall–Kier alpha value is -5.10. The van der Waals surface area contributed by atoms with Crippen LogP contribution < -0.4 is 43.8 Å². The Morgan fingerprint density at radius 3 is 1.67 bits per heavy atom. The lowest BCUT2D eigenvalue weighted by atomic mass is 10.0. The summed E-state index contributed by atoms with van der Waals surface area (Å²) in [5, 5.41) is 30.2. The van der Waals surface area contributed by atoms with Crippen LogP contribution in [-0.2, 0) is 44.8 Å². The molecule has 254 valence electrons. The van der Waals surface area contributed by atoms with Gasteiger partial charge in [0.05, 0.1) is 6.04 Å². The molecule has 0 aliphatic carbocycles. The van der Waals surface area contributed by atoms with E-state index in [0.29, 0.717) is 5.56 Å². The monoisotopic (exact) mass is 650 g/mol. The fourth-order valence-electron chi connectivity index (χ4n) is 3.88. The van der Waals surface area contributed by atoms with Crippen molar-refractivity contribution in [2.24, 2.45) is 17.2 Å². The average molecular weight is 651 g/mol. The van der Waals surface area contributed by atoms with E-state index in [-0.39, 0.29) is 32.2 Å². The van der Waals surface area contributed by atoms with Crippen molar-refractivity contribution in [3.63, 3.8) is 0 Å². The van der Waals surface area contributed by atoms with Gasteiger partial charge in [0.15, 0.2) is 0 Å². The number of nitrogens with two attached hydrogens (primary N) is 3. The Balaban J connectivity index is 2.96. The predicted molar refractivity (Wildman–Crippen MR) is 161 cm³/mol. The van der Waals surface area contributed by atoms with E-state index >= 15 is 0 Å². The number of carbonyl (C=O) groups excluding carboxylic acids is 6. The van der Waals surface area contributed by atoms with Gasteiger partial charge in [-0.2, -0.15) is 0 Å². The maximum Gasteiger partial charge on any atom is 0.326 e. The number of hydrogen-bond acceptors (Lipinski definition) is 10. The van der Waals surface area contributed by atoms with E-state index in [0.717, 1.165) is 0 Å². The molecule has 6 amide bonds. The number of rotatable bonds is 20. The van der Waals surface area contributed by atoms with Crippen LogP contribution >= 0.6 is 0 Å². The molecule has 0 heterocycles. The molecule has 46 heavy (non-hydrogen) atoms. The van der Waals surface area contributed by atoms with Gasteiger partial charge in [-0.3, -0.25) is 33.6 Å². The number of benzene rings is 1. The number of carbonyl (C=O) groups is 8. The van der Waals surface area contributed by atoms with Gasteiger partial charge < -0.3 is 54.0 Å². The van der Waals surface area contributed by atoms with Crippen molar-refractivity contribution in [1.82, 2.24) is 26.6 Å². The number of primary amides is 1. The van der Waals surface area contributed by atoms with Gasteiger partial charge in [0.1, 0.15) is 30.2 Å². The summed E-state index contributed by atoms with van der Waals surface area (Å²) in [5.41, 5.74) is 16.6. The van der Waals surface area contributed by atoms with E-state index < -0.39 is 90.1 Å². The van der Waals surface area contributed by atoms with Crippen molar-refractivity contribution in [2.45, 2.75) is 82.2 Å². The minimum atomic E-state index is -1.47. The van der Waals surface area contributed by atoms with Crippen molar-refractivity contribution in [2.75, 3.05) is 6.54 Å². The standard InChI is InChI=1S/C28H42N8O10/c1-14(33-26(43)18(9-11-22(38)39)34-25(42)17(30)13-29)23(40)32-15(2)24(41)36-20(12-16-6-4-3-5-7-16)27(44)35-19(28(45)46)8-10-21(31)37/h3-7,14-15,17-20H,8-13,29-30H2,1-2H3,(H2,31,37)(H,32,40)(H,33,43)(H,34,42)(H,35,44)(H,36,41)(H,38,39)(H,45,46)/t14-,15-,17-,18-,19-,20-/m0/s1. The van der Waals surface area contributed by atoms with E-state index in [1.165, 1.54) is 13.8 Å². The largest absolute Gasteiger partial charge is 0.481 e. The topological polar surface area (TPSA) is 315 Å². The lowest BCUT2D eigenvalue weighted by Gasteiger charge is -2.25. The minimum Gasteiger partial charge on any atom is -0.481 e. The molecule has 0 aromatic heterocycles. The Morgan fingerprint density at radius 1 is 0.674 bits per heavy atom. The predicted octanol–water partition coefficient (Wildman–Crippen LogP) is -3.81. The molecule has 0 bridgehead atoms. The number of carboxylic acids is 2. The maximum atomic E-state index is 13.1. The SMILES string of the molecule is C[C@H](NC(=O)[C@H](C)NC(=O)[C@H](CCC(=O)O)NC(=O)[C@@H](N)CN)C(=O)N[C@@H](Cc1ccccc1)C(=O)N[C@@H](CCC(N)=O)C(=O)O. The van der Waals surface area contributed by atoms with Crippen LogP contribution in [0, 0.1) is 0 Å². The summed E-state index contributed by atoms with van der Waals surface area (Å²) in [4.78, 5) is 97.6. The zero-order valence-corrected chi connectivity index (χ0v) is 25.5. The van der Waals surface area contributed by atoms with Crippen molar-refractivity contribution in [3.05, 3.63) is 35.9 Å². The lowest BCUT2D eigenvalue weighted by molar-refractivity contribution is -0.142. The van der Waals surface area contributed by atoms with Gasteiger partial charge in [-0.1, -0.05) is 30.3 Å². The number of nitrogens with one attached hydrogen (secondary N) is 5. The number of carboxylic acid groups (broad SMARTS) is 2. The number of aliphatic carboxylic acids is 2. The molecule has 0 unspecified atom stereocenters. The summed E-state index contributed by atoms with van der Waals surface area (Å²) in [6.45, 7) is 2.35. The second-order valence-corrected chi connectivity index (χ2v) is 10.5. The smallest absolute Gasteiger partial charge is 0.326 e. The molecule has 0 aliphatic rings. The van der Waals surface area contributed by atoms with Crippen LogP contribution in [0.15, 0.2) is 30.3 Å². The van der Waals surface area contributed by atoms with Crippen molar-refractivity contribution in [3.8, 4) is 0 Å². The van der Waals surface area contributed by atoms with Crippen LogP contribution in [-0.4, -0.2) is 100 Å². The molecule has 6 atom stereocenters. The highest BCUT2D eigenvalue weighted by molar-refractivity contribution is 5.96. The molecule has 0 radical (unpaired) electrons. The van der Waals surface area contributed by atoms with Crippen LogP contribution in [0.2, 0.25) is 0 Å². The third kappa shape index (κ3) is 14.1. The summed E-state index contributed by atoms with van der Waals surface area (Å²) in [5.74, 6) is -7.62. The van der Waals surface area contributed by atoms with Gasteiger partial charge >= 0.3 is 11.9 Å². The molecule has 1 aromatic rings. The van der Waals surface area contributed by atoms with Gasteiger partial charge in [0.25, 0.3) is 0 Å². The van der Waals surface area contributed by atoms with Gasteiger partial charge in [-0.05, 0) is 32.3 Å². The maximum absolute atomic E-state index is 13.1. The van der Waals surface area contributed by atoms with E-state index in [1.807, 2.05) is 0 Å². The fourth-order valence-corrected chi connectivity index (χ4v) is 3.88.